The van der Waals surface area contributed by atoms with E-state index in [1.54, 1.807) is 30.3 Å². The molecule has 4 amide bonds. The van der Waals surface area contributed by atoms with Gasteiger partial charge in [-0.15, -0.1) is 0 Å². The number of imide groups is 2. The van der Waals surface area contributed by atoms with E-state index in [-0.39, 0.29) is 5.57 Å². The second-order valence-electron chi connectivity index (χ2n) is 8.43. The lowest BCUT2D eigenvalue weighted by Crippen LogP contribution is -2.54. The van der Waals surface area contributed by atoms with Crippen molar-refractivity contribution in [1.29, 1.82) is 0 Å². The third kappa shape index (κ3) is 6.04. The van der Waals surface area contributed by atoms with E-state index < -0.39 is 17.8 Å². The molecule has 0 unspecified atom stereocenters. The number of rotatable bonds is 7. The summed E-state index contributed by atoms with van der Waals surface area (Å²) in [5.74, 6) is -0.391. The second-order valence-corrected chi connectivity index (χ2v) is 10.4. The van der Waals surface area contributed by atoms with Crippen LogP contribution in [0.5, 0.6) is 11.5 Å². The van der Waals surface area contributed by atoms with Crippen molar-refractivity contribution >= 4 is 68.1 Å². The molecule has 1 heterocycles. The van der Waals surface area contributed by atoms with Crippen LogP contribution in [0.15, 0.2) is 64.6 Å². The first-order valence-electron chi connectivity index (χ1n) is 11.5. The zero-order valence-electron chi connectivity index (χ0n) is 20.4. The second kappa shape index (κ2) is 11.5. The Balaban J connectivity index is 1.67. The van der Waals surface area contributed by atoms with Crippen molar-refractivity contribution in [2.45, 2.75) is 27.4 Å². The van der Waals surface area contributed by atoms with Gasteiger partial charge in [0.2, 0.25) is 0 Å². The first kappa shape index (κ1) is 26.9. The number of nitrogens with zero attached hydrogens (tertiary/aromatic N) is 1. The molecule has 4 rings (SSSR count). The predicted octanol–water partition coefficient (Wildman–Crippen LogP) is 6.31. The minimum absolute atomic E-state index is 0.160. The Morgan fingerprint density at radius 2 is 1.81 bits per heavy atom. The van der Waals surface area contributed by atoms with Crippen LogP contribution >= 0.6 is 38.5 Å². The van der Waals surface area contributed by atoms with Crippen molar-refractivity contribution in [3.8, 4) is 11.5 Å². The maximum Gasteiger partial charge on any atom is 0.335 e. The van der Waals surface area contributed by atoms with Gasteiger partial charge in [-0.25, -0.2) is 9.69 Å². The average Bonchev–Trinajstić information content (AvgIpc) is 2.83. The molecule has 1 N–H and O–H groups in total. The van der Waals surface area contributed by atoms with Gasteiger partial charge in [-0.05, 0) is 96.5 Å². The third-order valence-corrected chi connectivity index (χ3v) is 7.30. The quantitative estimate of drug-likeness (QED) is 0.180. The molecule has 1 aliphatic rings. The Kier molecular flexibility index (Phi) is 8.33. The van der Waals surface area contributed by atoms with Crippen LogP contribution in [0.1, 0.15) is 29.2 Å². The van der Waals surface area contributed by atoms with Gasteiger partial charge in [0, 0.05) is 4.47 Å². The maximum absolute atomic E-state index is 13.3. The molecular formula is C28H24BrIN2O5. The zero-order chi connectivity index (χ0) is 26.7. The number of ether oxygens (including phenoxy) is 2. The summed E-state index contributed by atoms with van der Waals surface area (Å²) in [6.45, 7) is 6.51. The van der Waals surface area contributed by atoms with Crippen LogP contribution in [0, 0.1) is 17.4 Å². The number of nitrogens with one attached hydrogen (secondary N) is 1. The highest BCUT2D eigenvalue weighted by Crippen LogP contribution is 2.36. The predicted molar refractivity (Wildman–Crippen MR) is 154 cm³/mol. The Morgan fingerprint density at radius 3 is 2.51 bits per heavy atom. The van der Waals surface area contributed by atoms with Crippen molar-refractivity contribution in [3.05, 3.63) is 90.5 Å². The molecule has 0 radical (unpaired) electrons. The Labute approximate surface area is 237 Å². The Morgan fingerprint density at radius 1 is 1.03 bits per heavy atom. The molecule has 3 aromatic rings. The van der Waals surface area contributed by atoms with E-state index in [0.29, 0.717) is 36.0 Å². The number of aryl methyl sites for hydroxylation is 2. The molecule has 0 spiro atoms. The van der Waals surface area contributed by atoms with Gasteiger partial charge in [0.15, 0.2) is 11.5 Å². The van der Waals surface area contributed by atoms with Gasteiger partial charge in [0.1, 0.15) is 12.2 Å². The highest BCUT2D eigenvalue weighted by molar-refractivity contribution is 14.1. The van der Waals surface area contributed by atoms with Crippen LogP contribution in [0.4, 0.5) is 10.5 Å². The lowest BCUT2D eigenvalue weighted by molar-refractivity contribution is -0.122. The van der Waals surface area contributed by atoms with Crippen molar-refractivity contribution in [2.24, 2.45) is 0 Å². The number of amides is 4. The fourth-order valence-corrected chi connectivity index (χ4v) is 4.89. The van der Waals surface area contributed by atoms with E-state index >= 15 is 0 Å². The van der Waals surface area contributed by atoms with Gasteiger partial charge in [-0.2, -0.15) is 0 Å². The minimum atomic E-state index is -0.793. The topological polar surface area (TPSA) is 84.9 Å². The van der Waals surface area contributed by atoms with E-state index in [4.69, 9.17) is 9.47 Å². The molecule has 1 aliphatic heterocycles. The summed E-state index contributed by atoms with van der Waals surface area (Å²) in [5, 5.41) is 2.26. The summed E-state index contributed by atoms with van der Waals surface area (Å²) in [6.07, 6.45) is 1.46. The van der Waals surface area contributed by atoms with Gasteiger partial charge < -0.3 is 9.47 Å². The molecule has 7 nitrogen and oxygen atoms in total. The van der Waals surface area contributed by atoms with Crippen LogP contribution in [-0.2, 0) is 16.2 Å². The van der Waals surface area contributed by atoms with Crippen LogP contribution in [0.2, 0.25) is 0 Å². The fraction of sp³-hybridized carbons (Fsp3) is 0.179. The van der Waals surface area contributed by atoms with Gasteiger partial charge in [-0.1, -0.05) is 45.8 Å². The van der Waals surface area contributed by atoms with Gasteiger partial charge in [0.25, 0.3) is 11.8 Å². The summed E-state index contributed by atoms with van der Waals surface area (Å²) in [6, 6.07) is 15.9. The monoisotopic (exact) mass is 674 g/mol. The molecule has 0 saturated carbocycles. The molecular weight excluding hydrogens is 651 g/mol. The summed E-state index contributed by atoms with van der Waals surface area (Å²) in [5.41, 5.74) is 3.79. The molecule has 1 saturated heterocycles. The van der Waals surface area contributed by atoms with Gasteiger partial charge in [-0.3, -0.25) is 14.9 Å². The van der Waals surface area contributed by atoms with E-state index in [0.717, 1.165) is 29.6 Å². The number of barbiturate groups is 1. The lowest BCUT2D eigenvalue weighted by atomic mass is 10.1. The van der Waals surface area contributed by atoms with Crippen LogP contribution in [0.25, 0.3) is 6.08 Å². The maximum atomic E-state index is 13.3. The number of hydrogen-bond donors (Lipinski definition) is 1. The number of hydrogen-bond acceptors (Lipinski definition) is 5. The summed E-state index contributed by atoms with van der Waals surface area (Å²) in [4.78, 5) is 39.5. The highest BCUT2D eigenvalue weighted by atomic mass is 127. The normalized spacial score (nSPS) is 14.7. The summed E-state index contributed by atoms with van der Waals surface area (Å²) >= 11 is 5.56. The van der Waals surface area contributed by atoms with Gasteiger partial charge >= 0.3 is 6.03 Å². The Bertz CT molecular complexity index is 1440. The molecule has 0 atom stereocenters. The van der Waals surface area contributed by atoms with E-state index in [1.165, 1.54) is 6.08 Å². The summed E-state index contributed by atoms with van der Waals surface area (Å²) < 4.78 is 13.5. The fourth-order valence-electron chi connectivity index (χ4n) is 3.86. The highest BCUT2D eigenvalue weighted by Gasteiger charge is 2.37. The van der Waals surface area contributed by atoms with Crippen molar-refractivity contribution < 1.29 is 23.9 Å². The van der Waals surface area contributed by atoms with E-state index in [1.807, 2.05) is 39.0 Å². The molecule has 3 aromatic carbocycles. The number of benzene rings is 3. The van der Waals surface area contributed by atoms with Crippen LogP contribution in [0.3, 0.4) is 0 Å². The average molecular weight is 675 g/mol. The largest absolute Gasteiger partial charge is 0.490 e. The van der Waals surface area contributed by atoms with E-state index in [2.05, 4.69) is 49.9 Å². The van der Waals surface area contributed by atoms with Crippen LogP contribution < -0.4 is 19.7 Å². The number of carbonyl (C=O) groups excluding carboxylic acids is 3. The van der Waals surface area contributed by atoms with E-state index in [9.17, 15) is 14.4 Å². The SMILES string of the molecule is CCOc1cc(/C=C2\C(=O)NC(=O)N(c3ccc(Br)c(C)c3)C2=O)cc(I)c1OCc1cccc(C)c1. The third-order valence-electron chi connectivity index (χ3n) is 5.61. The smallest absolute Gasteiger partial charge is 0.335 e. The standard InChI is InChI=1S/C28H24BrIN2O5/c1-4-36-24-14-19(13-23(30)25(24)37-15-18-7-5-6-16(2)10-18)12-21-26(33)31-28(35)32(27(21)34)20-8-9-22(29)17(3)11-20/h5-14H,4,15H2,1-3H3,(H,31,33,35)/b21-12+. The van der Waals surface area contributed by atoms with Crippen molar-refractivity contribution in [1.82, 2.24) is 5.32 Å². The first-order valence-corrected chi connectivity index (χ1v) is 13.4. The zero-order valence-corrected chi connectivity index (χ0v) is 24.2. The van der Waals surface area contributed by atoms with Crippen LogP contribution in [-0.4, -0.2) is 24.5 Å². The van der Waals surface area contributed by atoms with Gasteiger partial charge in [0.05, 0.1) is 15.9 Å². The first-order chi connectivity index (χ1) is 17.7. The lowest BCUT2D eigenvalue weighted by Gasteiger charge is -2.26. The number of urea groups is 1. The number of carbonyl (C=O) groups is 3. The molecule has 0 aromatic heterocycles. The molecule has 1 fully saturated rings. The Hall–Kier alpha value is -3.18. The molecule has 0 bridgehead atoms. The summed E-state index contributed by atoms with van der Waals surface area (Å²) in [7, 11) is 0. The molecule has 0 aliphatic carbocycles. The molecule has 9 heteroatoms. The molecule has 190 valence electrons. The number of halogens is 2. The van der Waals surface area contributed by atoms with Crippen molar-refractivity contribution in [3.63, 3.8) is 0 Å². The van der Waals surface area contributed by atoms with Crippen molar-refractivity contribution in [2.75, 3.05) is 11.5 Å². The number of anilines is 1. The molecule has 37 heavy (non-hydrogen) atoms. The minimum Gasteiger partial charge on any atom is -0.490 e.